The van der Waals surface area contributed by atoms with Crippen LogP contribution in [0.2, 0.25) is 0 Å². The Morgan fingerprint density at radius 1 is 1.33 bits per heavy atom. The Morgan fingerprint density at radius 3 is 2.85 bits per heavy atom. The van der Waals surface area contributed by atoms with Crippen LogP contribution >= 0.6 is 15.9 Å². The highest BCUT2D eigenvalue weighted by Crippen LogP contribution is 2.16. The van der Waals surface area contributed by atoms with Crippen molar-refractivity contribution in [3.63, 3.8) is 0 Å². The molecule has 0 amide bonds. The third-order valence-corrected chi connectivity index (χ3v) is 4.30. The molecule has 0 aliphatic rings. The van der Waals surface area contributed by atoms with Crippen LogP contribution in [0.25, 0.3) is 10.9 Å². The van der Waals surface area contributed by atoms with Crippen molar-refractivity contribution in [1.82, 2.24) is 9.66 Å². The van der Waals surface area contributed by atoms with Gasteiger partial charge < -0.3 is 9.84 Å². The molecule has 0 aliphatic heterocycles. The van der Waals surface area contributed by atoms with E-state index in [-0.39, 0.29) is 5.56 Å². The first-order valence-corrected chi connectivity index (χ1v) is 8.87. The first-order chi connectivity index (χ1) is 12.8. The molecule has 0 aliphatic carbocycles. The second kappa shape index (κ2) is 7.71. The maximum atomic E-state index is 12.7. The normalized spacial score (nSPS) is 12.4. The number of hydrogen-bond acceptors (Lipinski definition) is 5. The van der Waals surface area contributed by atoms with Gasteiger partial charge in [0.15, 0.2) is 6.10 Å². The van der Waals surface area contributed by atoms with Crippen LogP contribution in [0.4, 0.5) is 0 Å². The zero-order chi connectivity index (χ0) is 19.6. The van der Waals surface area contributed by atoms with E-state index in [1.165, 1.54) is 17.8 Å². The third kappa shape index (κ3) is 4.22. The molecule has 0 unspecified atom stereocenters. The summed E-state index contributed by atoms with van der Waals surface area (Å²) in [6, 6.07) is 12.1. The molecular weight excluding hydrogens is 414 g/mol. The molecule has 0 saturated heterocycles. The van der Waals surface area contributed by atoms with Crippen molar-refractivity contribution in [3.8, 4) is 5.75 Å². The Hall–Kier alpha value is -3.00. The standard InChI is InChI=1S/C19H16BrN3O4/c1-11(19(25)26)27-15-5-3-4-13(8-15)10-21-23-12(2)22-17-7-6-14(20)9-16(17)18(23)24/h3-11H,1-2H3,(H,25,26)/t11-/m0/s1. The molecule has 0 fully saturated rings. The van der Waals surface area contributed by atoms with Crippen LogP contribution in [-0.2, 0) is 4.79 Å². The summed E-state index contributed by atoms with van der Waals surface area (Å²) in [6.07, 6.45) is 0.531. The van der Waals surface area contributed by atoms with E-state index in [2.05, 4.69) is 26.0 Å². The number of aliphatic carboxylic acids is 1. The minimum Gasteiger partial charge on any atom is -0.479 e. The number of rotatable bonds is 5. The molecule has 138 valence electrons. The molecule has 2 aromatic carbocycles. The van der Waals surface area contributed by atoms with Crippen molar-refractivity contribution in [2.45, 2.75) is 20.0 Å². The van der Waals surface area contributed by atoms with Crippen LogP contribution in [0.1, 0.15) is 18.3 Å². The lowest BCUT2D eigenvalue weighted by atomic mass is 10.2. The molecule has 3 aromatic rings. The largest absolute Gasteiger partial charge is 0.479 e. The maximum Gasteiger partial charge on any atom is 0.344 e. The average Bonchev–Trinajstić information content (AvgIpc) is 2.62. The van der Waals surface area contributed by atoms with Crippen molar-refractivity contribution >= 4 is 39.0 Å². The second-order valence-electron chi connectivity index (χ2n) is 5.85. The van der Waals surface area contributed by atoms with Crippen molar-refractivity contribution in [1.29, 1.82) is 0 Å². The summed E-state index contributed by atoms with van der Waals surface area (Å²) in [7, 11) is 0. The first-order valence-electron chi connectivity index (χ1n) is 8.08. The lowest BCUT2D eigenvalue weighted by Crippen LogP contribution is -2.22. The summed E-state index contributed by atoms with van der Waals surface area (Å²) in [5.41, 5.74) is 0.984. The third-order valence-electron chi connectivity index (χ3n) is 3.81. The van der Waals surface area contributed by atoms with Crippen molar-refractivity contribution in [2.75, 3.05) is 0 Å². The van der Waals surface area contributed by atoms with E-state index in [0.717, 1.165) is 4.47 Å². The van der Waals surface area contributed by atoms with E-state index in [1.54, 1.807) is 43.3 Å². The summed E-state index contributed by atoms with van der Waals surface area (Å²) in [6.45, 7) is 3.15. The first kappa shape index (κ1) is 18.8. The topological polar surface area (TPSA) is 93.8 Å². The van der Waals surface area contributed by atoms with Crippen LogP contribution in [0.5, 0.6) is 5.75 Å². The lowest BCUT2D eigenvalue weighted by molar-refractivity contribution is -0.144. The summed E-state index contributed by atoms with van der Waals surface area (Å²) in [5, 5.41) is 13.6. The maximum absolute atomic E-state index is 12.7. The number of ether oxygens (including phenoxy) is 1. The second-order valence-corrected chi connectivity index (χ2v) is 6.77. The Morgan fingerprint density at radius 2 is 2.11 bits per heavy atom. The number of aromatic nitrogens is 2. The fourth-order valence-electron chi connectivity index (χ4n) is 2.44. The quantitative estimate of drug-likeness (QED) is 0.628. The highest BCUT2D eigenvalue weighted by molar-refractivity contribution is 9.10. The molecule has 1 heterocycles. The molecule has 0 spiro atoms. The number of halogens is 1. The number of hydrogen-bond donors (Lipinski definition) is 1. The Balaban J connectivity index is 1.94. The zero-order valence-electron chi connectivity index (χ0n) is 14.6. The summed E-state index contributed by atoms with van der Waals surface area (Å²) >= 11 is 3.35. The highest BCUT2D eigenvalue weighted by Gasteiger charge is 2.12. The van der Waals surface area contributed by atoms with Crippen LogP contribution in [0.3, 0.4) is 0 Å². The van der Waals surface area contributed by atoms with E-state index in [0.29, 0.717) is 28.0 Å². The van der Waals surface area contributed by atoms with Gasteiger partial charge in [0.1, 0.15) is 11.6 Å². The van der Waals surface area contributed by atoms with Gasteiger partial charge in [-0.3, -0.25) is 4.79 Å². The molecule has 7 nitrogen and oxygen atoms in total. The van der Waals surface area contributed by atoms with Gasteiger partial charge in [-0.05, 0) is 49.7 Å². The minimum absolute atomic E-state index is 0.276. The number of benzene rings is 2. The number of nitrogens with zero attached hydrogens (tertiary/aromatic N) is 3. The fourth-order valence-corrected chi connectivity index (χ4v) is 2.80. The monoisotopic (exact) mass is 429 g/mol. The molecule has 1 N–H and O–H groups in total. The Labute approximate surface area is 163 Å². The van der Waals surface area contributed by atoms with Gasteiger partial charge in [-0.15, -0.1) is 0 Å². The van der Waals surface area contributed by atoms with Gasteiger partial charge in [0.2, 0.25) is 0 Å². The smallest absolute Gasteiger partial charge is 0.344 e. The van der Waals surface area contributed by atoms with Gasteiger partial charge in [0.25, 0.3) is 5.56 Å². The lowest BCUT2D eigenvalue weighted by Gasteiger charge is -2.10. The Kier molecular flexibility index (Phi) is 5.36. The van der Waals surface area contributed by atoms with Gasteiger partial charge in [0.05, 0.1) is 17.1 Å². The molecule has 27 heavy (non-hydrogen) atoms. The van der Waals surface area contributed by atoms with Gasteiger partial charge in [0, 0.05) is 4.47 Å². The molecule has 3 rings (SSSR count). The molecule has 8 heteroatoms. The number of carboxylic acids is 1. The van der Waals surface area contributed by atoms with Gasteiger partial charge in [-0.2, -0.15) is 9.78 Å². The predicted molar refractivity (Wildman–Crippen MR) is 106 cm³/mol. The van der Waals surface area contributed by atoms with Crippen LogP contribution in [0.15, 0.2) is 56.8 Å². The number of fused-ring (bicyclic) bond motifs is 1. The van der Waals surface area contributed by atoms with Crippen molar-refractivity contribution in [3.05, 3.63) is 68.7 Å². The molecule has 0 radical (unpaired) electrons. The average molecular weight is 430 g/mol. The number of aryl methyl sites for hydroxylation is 1. The van der Waals surface area contributed by atoms with E-state index < -0.39 is 12.1 Å². The summed E-state index contributed by atoms with van der Waals surface area (Å²) in [4.78, 5) is 28.0. The Bertz CT molecular complexity index is 1110. The van der Waals surface area contributed by atoms with Gasteiger partial charge in [-0.1, -0.05) is 28.1 Å². The minimum atomic E-state index is -1.05. The molecule has 0 saturated carbocycles. The molecule has 0 bridgehead atoms. The van der Waals surface area contributed by atoms with E-state index in [4.69, 9.17) is 9.84 Å². The van der Waals surface area contributed by atoms with Gasteiger partial charge >= 0.3 is 5.97 Å². The van der Waals surface area contributed by atoms with E-state index >= 15 is 0 Å². The predicted octanol–water partition coefficient (Wildman–Crippen LogP) is 3.20. The molecular formula is C19H16BrN3O4. The van der Waals surface area contributed by atoms with Crippen LogP contribution in [-0.4, -0.2) is 33.1 Å². The van der Waals surface area contributed by atoms with Crippen molar-refractivity contribution in [2.24, 2.45) is 5.10 Å². The molecule has 1 atom stereocenters. The van der Waals surface area contributed by atoms with Gasteiger partial charge in [-0.25, -0.2) is 9.78 Å². The van der Waals surface area contributed by atoms with Crippen LogP contribution in [0, 0.1) is 6.92 Å². The fraction of sp³-hybridized carbons (Fsp3) is 0.158. The van der Waals surface area contributed by atoms with E-state index in [9.17, 15) is 9.59 Å². The van der Waals surface area contributed by atoms with Crippen molar-refractivity contribution < 1.29 is 14.6 Å². The SMILES string of the molecule is Cc1nc2ccc(Br)cc2c(=O)n1N=Cc1cccc(O[C@@H](C)C(=O)O)c1. The zero-order valence-corrected chi connectivity index (χ0v) is 16.2. The summed E-state index contributed by atoms with van der Waals surface area (Å²) < 4.78 is 7.35. The summed E-state index contributed by atoms with van der Waals surface area (Å²) in [5.74, 6) is -0.193. The van der Waals surface area contributed by atoms with Crippen LogP contribution < -0.4 is 10.3 Å². The van der Waals surface area contributed by atoms with E-state index in [1.807, 2.05) is 6.07 Å². The number of carbonyl (C=O) groups is 1. The number of carboxylic acid groups (broad SMARTS) is 1. The molecule has 1 aromatic heterocycles. The highest BCUT2D eigenvalue weighted by atomic mass is 79.9.